The van der Waals surface area contributed by atoms with Gasteiger partial charge in [-0.1, -0.05) is 42.6 Å². The van der Waals surface area contributed by atoms with Crippen molar-refractivity contribution in [3.05, 3.63) is 94.6 Å². The molecule has 3 aromatic carbocycles. The van der Waals surface area contributed by atoms with E-state index in [-0.39, 0.29) is 30.2 Å². The van der Waals surface area contributed by atoms with Gasteiger partial charge in [-0.15, -0.1) is 0 Å². The molecule has 206 valence electrons. The molecular weight excluding hydrogens is 528 g/mol. The number of aromatic hydroxyl groups is 1. The molecule has 0 unspecified atom stereocenters. The number of amides is 2. The Balaban J connectivity index is 1.35. The predicted molar refractivity (Wildman–Crippen MR) is 155 cm³/mol. The van der Waals surface area contributed by atoms with E-state index in [0.29, 0.717) is 39.9 Å². The van der Waals surface area contributed by atoms with E-state index in [9.17, 15) is 14.7 Å². The number of halogens is 1. The molecule has 1 saturated carbocycles. The molecule has 0 aliphatic heterocycles. The Kier molecular flexibility index (Phi) is 8.36. The number of nitrogens with zero attached hydrogens (tertiary/aromatic N) is 2. The zero-order valence-electron chi connectivity index (χ0n) is 22.2. The minimum Gasteiger partial charge on any atom is -0.507 e. The first kappa shape index (κ1) is 27.3. The van der Waals surface area contributed by atoms with Gasteiger partial charge in [-0.05, 0) is 73.9 Å². The normalized spacial score (nSPS) is 13.2. The Bertz CT molecular complexity index is 1510. The number of benzene rings is 3. The fourth-order valence-electron chi connectivity index (χ4n) is 4.99. The van der Waals surface area contributed by atoms with E-state index in [1.165, 1.54) is 10.7 Å². The summed E-state index contributed by atoms with van der Waals surface area (Å²) in [6.45, 7) is 2.71. The van der Waals surface area contributed by atoms with Crippen molar-refractivity contribution in [3.8, 4) is 22.8 Å². The molecule has 4 aromatic rings. The van der Waals surface area contributed by atoms with Crippen LogP contribution >= 0.6 is 11.6 Å². The van der Waals surface area contributed by atoms with E-state index in [4.69, 9.17) is 16.3 Å². The molecule has 0 atom stereocenters. The summed E-state index contributed by atoms with van der Waals surface area (Å²) in [7, 11) is 0. The quantitative estimate of drug-likeness (QED) is 0.216. The van der Waals surface area contributed by atoms with E-state index in [1.807, 2.05) is 31.2 Å². The van der Waals surface area contributed by atoms with Gasteiger partial charge in [-0.2, -0.15) is 9.78 Å². The van der Waals surface area contributed by atoms with E-state index < -0.39 is 0 Å². The number of rotatable bonds is 8. The number of phenolic OH excluding ortho intramolecular Hbond substituents is 1. The van der Waals surface area contributed by atoms with Crippen LogP contribution in [0.1, 0.15) is 60.1 Å². The second kappa shape index (κ2) is 12.3. The molecule has 0 saturated heterocycles. The van der Waals surface area contributed by atoms with Gasteiger partial charge in [-0.3, -0.25) is 4.79 Å². The number of aromatic nitrogens is 2. The number of carbonyl (C=O) groups is 2. The molecule has 1 heterocycles. The fourth-order valence-corrected chi connectivity index (χ4v) is 5.19. The van der Waals surface area contributed by atoms with Crippen LogP contribution < -0.4 is 15.4 Å². The van der Waals surface area contributed by atoms with Crippen LogP contribution in [-0.4, -0.2) is 33.4 Å². The number of hydrogen-bond acceptors (Lipinski definition) is 5. The first-order valence-corrected chi connectivity index (χ1v) is 13.8. The maximum Gasteiger partial charge on any atom is 0.342 e. The van der Waals surface area contributed by atoms with Crippen LogP contribution in [-0.2, 0) is 6.54 Å². The van der Waals surface area contributed by atoms with Crippen LogP contribution in [0, 0.1) is 0 Å². The van der Waals surface area contributed by atoms with Gasteiger partial charge in [0.1, 0.15) is 11.5 Å². The molecule has 1 aromatic heterocycles. The number of phenols is 1. The van der Waals surface area contributed by atoms with Gasteiger partial charge in [0, 0.05) is 40.4 Å². The molecular formula is C31H31ClN4O4. The average Bonchev–Trinajstić information content (AvgIpc) is 3.64. The lowest BCUT2D eigenvalue weighted by molar-refractivity contribution is 0.102. The summed E-state index contributed by atoms with van der Waals surface area (Å²) in [6, 6.07) is 20.6. The lowest BCUT2D eigenvalue weighted by atomic mass is 10.0. The summed E-state index contributed by atoms with van der Waals surface area (Å²) in [5.41, 5.74) is 3.49. The SMILES string of the molecule is CCOc1ccc(C(=O)Nc2ccc(-c3cc(C4CCCC4)n(C(=O)NCc4ccccc4Cl)n3)c(O)c2)cc1. The van der Waals surface area contributed by atoms with Gasteiger partial charge in [0.05, 0.1) is 18.0 Å². The van der Waals surface area contributed by atoms with Crippen molar-refractivity contribution in [2.24, 2.45) is 0 Å². The summed E-state index contributed by atoms with van der Waals surface area (Å²) < 4.78 is 6.83. The lowest BCUT2D eigenvalue weighted by Crippen LogP contribution is -2.30. The minimum absolute atomic E-state index is 0.0522. The van der Waals surface area contributed by atoms with Gasteiger partial charge in [0.2, 0.25) is 0 Å². The van der Waals surface area contributed by atoms with Gasteiger partial charge in [0.25, 0.3) is 5.91 Å². The topological polar surface area (TPSA) is 105 Å². The zero-order chi connectivity index (χ0) is 28.1. The van der Waals surface area contributed by atoms with E-state index in [2.05, 4.69) is 15.7 Å². The Morgan fingerprint density at radius 1 is 1.05 bits per heavy atom. The van der Waals surface area contributed by atoms with Crippen LogP contribution in [0.15, 0.2) is 72.8 Å². The van der Waals surface area contributed by atoms with E-state index >= 15 is 0 Å². The number of carbonyl (C=O) groups excluding carboxylic acids is 2. The monoisotopic (exact) mass is 558 g/mol. The minimum atomic E-state index is -0.355. The van der Waals surface area contributed by atoms with Crippen molar-refractivity contribution in [1.82, 2.24) is 15.1 Å². The fraction of sp³-hybridized carbons (Fsp3) is 0.258. The second-order valence-corrected chi connectivity index (χ2v) is 10.1. The van der Waals surface area contributed by atoms with Crippen LogP contribution in [0.25, 0.3) is 11.3 Å². The lowest BCUT2D eigenvalue weighted by Gasteiger charge is -2.12. The van der Waals surface area contributed by atoms with Gasteiger partial charge >= 0.3 is 6.03 Å². The highest BCUT2D eigenvalue weighted by molar-refractivity contribution is 6.31. The molecule has 0 spiro atoms. The summed E-state index contributed by atoms with van der Waals surface area (Å²) in [5, 5.41) is 21.8. The molecule has 40 heavy (non-hydrogen) atoms. The number of hydrogen-bond donors (Lipinski definition) is 3. The Labute approximate surface area is 237 Å². The highest BCUT2D eigenvalue weighted by Crippen LogP contribution is 2.38. The molecule has 1 fully saturated rings. The Morgan fingerprint density at radius 2 is 1.80 bits per heavy atom. The van der Waals surface area contributed by atoms with Gasteiger partial charge in [0.15, 0.2) is 0 Å². The van der Waals surface area contributed by atoms with Crippen molar-refractivity contribution in [2.45, 2.75) is 45.1 Å². The van der Waals surface area contributed by atoms with Crippen LogP contribution in [0.3, 0.4) is 0 Å². The molecule has 0 bridgehead atoms. The van der Waals surface area contributed by atoms with E-state index in [1.54, 1.807) is 42.5 Å². The van der Waals surface area contributed by atoms with Crippen molar-refractivity contribution in [3.63, 3.8) is 0 Å². The molecule has 1 aliphatic carbocycles. The average molecular weight is 559 g/mol. The van der Waals surface area contributed by atoms with Crippen molar-refractivity contribution < 1.29 is 19.4 Å². The number of nitrogens with one attached hydrogen (secondary N) is 2. The third-order valence-corrected chi connectivity index (χ3v) is 7.42. The molecule has 3 N–H and O–H groups in total. The third kappa shape index (κ3) is 6.13. The zero-order valence-corrected chi connectivity index (χ0v) is 22.9. The first-order chi connectivity index (χ1) is 19.4. The highest BCUT2D eigenvalue weighted by Gasteiger charge is 2.26. The van der Waals surface area contributed by atoms with Gasteiger partial charge in [-0.25, -0.2) is 4.79 Å². The first-order valence-electron chi connectivity index (χ1n) is 13.4. The number of ether oxygens (including phenoxy) is 1. The van der Waals surface area contributed by atoms with Crippen molar-refractivity contribution in [2.75, 3.05) is 11.9 Å². The standard InChI is InChI=1S/C31H31ClN4O4/c1-2-40-24-14-11-21(12-15-24)30(38)34-23-13-16-25(29(37)17-23)27-18-28(20-7-3-4-8-20)36(35-27)31(39)33-19-22-9-5-6-10-26(22)32/h5-6,9-18,20,37H,2-4,7-8,19H2,1H3,(H,33,39)(H,34,38). The van der Waals surface area contributed by atoms with Crippen LogP contribution in [0.5, 0.6) is 11.5 Å². The second-order valence-electron chi connectivity index (χ2n) is 9.74. The van der Waals surface area contributed by atoms with Gasteiger partial charge < -0.3 is 20.5 Å². The maximum atomic E-state index is 13.2. The highest BCUT2D eigenvalue weighted by atomic mass is 35.5. The molecule has 1 aliphatic rings. The largest absolute Gasteiger partial charge is 0.507 e. The molecule has 2 amide bonds. The maximum absolute atomic E-state index is 13.2. The summed E-state index contributed by atoms with van der Waals surface area (Å²) in [5.74, 6) is 0.541. The predicted octanol–water partition coefficient (Wildman–Crippen LogP) is 6.98. The smallest absolute Gasteiger partial charge is 0.342 e. The summed E-state index contributed by atoms with van der Waals surface area (Å²) in [4.78, 5) is 25.9. The van der Waals surface area contributed by atoms with E-state index in [0.717, 1.165) is 36.9 Å². The Hall–Kier alpha value is -4.30. The molecule has 9 heteroatoms. The van der Waals surface area contributed by atoms with Crippen molar-refractivity contribution >= 4 is 29.2 Å². The summed E-state index contributed by atoms with van der Waals surface area (Å²) in [6.07, 6.45) is 4.15. The third-order valence-electron chi connectivity index (χ3n) is 7.05. The van der Waals surface area contributed by atoms with Crippen LogP contribution in [0.4, 0.5) is 10.5 Å². The molecule has 0 radical (unpaired) electrons. The van der Waals surface area contributed by atoms with Crippen molar-refractivity contribution in [1.29, 1.82) is 0 Å². The number of anilines is 1. The molecule has 5 rings (SSSR count). The summed E-state index contributed by atoms with van der Waals surface area (Å²) >= 11 is 6.25. The molecule has 8 nitrogen and oxygen atoms in total. The van der Waals surface area contributed by atoms with Crippen LogP contribution in [0.2, 0.25) is 5.02 Å². The Morgan fingerprint density at radius 3 is 2.50 bits per heavy atom.